The highest BCUT2D eigenvalue weighted by molar-refractivity contribution is 7.79. The number of carbonyl (C=O) groups is 1. The zero-order valence-corrected chi connectivity index (χ0v) is 12.4. The van der Waals surface area contributed by atoms with Crippen molar-refractivity contribution in [2.75, 3.05) is 25.5 Å². The molecule has 0 rings (SSSR count). The van der Waals surface area contributed by atoms with E-state index in [0.717, 1.165) is 25.7 Å². The SMILES string of the molecule is C=C(C)C(=O)NCCCCCCOCCCS(=O)[O-]. The first-order valence-electron chi connectivity index (χ1n) is 6.61. The van der Waals surface area contributed by atoms with Gasteiger partial charge in [-0.05, 0) is 26.2 Å². The van der Waals surface area contributed by atoms with Gasteiger partial charge in [-0.1, -0.05) is 30.5 Å². The second kappa shape index (κ2) is 12.3. The van der Waals surface area contributed by atoms with Crippen molar-refractivity contribution in [2.24, 2.45) is 0 Å². The van der Waals surface area contributed by atoms with Gasteiger partial charge in [0.25, 0.3) is 0 Å². The number of ether oxygens (including phenoxy) is 1. The normalized spacial score (nSPS) is 12.1. The van der Waals surface area contributed by atoms with E-state index < -0.39 is 11.1 Å². The van der Waals surface area contributed by atoms with E-state index in [1.165, 1.54) is 0 Å². The number of nitrogens with one attached hydrogen (secondary N) is 1. The lowest BCUT2D eigenvalue weighted by Gasteiger charge is -2.06. The van der Waals surface area contributed by atoms with Crippen LogP contribution in [0.5, 0.6) is 0 Å². The summed E-state index contributed by atoms with van der Waals surface area (Å²) in [5.41, 5.74) is 0.535. The molecule has 0 heterocycles. The van der Waals surface area contributed by atoms with Gasteiger partial charge in [-0.15, -0.1) is 0 Å². The molecule has 0 aromatic carbocycles. The number of hydrogen-bond acceptors (Lipinski definition) is 4. The third-order valence-corrected chi connectivity index (χ3v) is 3.11. The number of unbranched alkanes of at least 4 members (excludes halogenated alkanes) is 3. The monoisotopic (exact) mass is 290 g/mol. The molecule has 19 heavy (non-hydrogen) atoms. The fourth-order valence-corrected chi connectivity index (χ4v) is 1.77. The molecule has 6 heteroatoms. The Hall–Kier alpha value is -0.720. The molecular formula is C13H24NO4S-. The number of carbonyl (C=O) groups excluding carboxylic acids is 1. The molecule has 1 amide bonds. The smallest absolute Gasteiger partial charge is 0.246 e. The lowest BCUT2D eigenvalue weighted by atomic mass is 10.2. The Bertz CT molecular complexity index is 294. The largest absolute Gasteiger partial charge is 0.772 e. The molecule has 0 saturated carbocycles. The van der Waals surface area contributed by atoms with Crippen molar-refractivity contribution in [3.8, 4) is 0 Å². The van der Waals surface area contributed by atoms with Crippen molar-refractivity contribution in [3.05, 3.63) is 12.2 Å². The average Bonchev–Trinajstić information content (AvgIpc) is 2.35. The summed E-state index contributed by atoms with van der Waals surface area (Å²) in [6.45, 7) is 7.11. The Morgan fingerprint density at radius 1 is 1.21 bits per heavy atom. The van der Waals surface area contributed by atoms with E-state index in [9.17, 15) is 13.6 Å². The van der Waals surface area contributed by atoms with Gasteiger partial charge in [0.1, 0.15) is 0 Å². The second-order valence-electron chi connectivity index (χ2n) is 4.42. The van der Waals surface area contributed by atoms with E-state index >= 15 is 0 Å². The summed E-state index contributed by atoms with van der Waals surface area (Å²) in [6, 6.07) is 0. The molecule has 0 aliphatic heterocycles. The van der Waals surface area contributed by atoms with Gasteiger partial charge in [0.15, 0.2) is 0 Å². The molecule has 0 aromatic heterocycles. The zero-order valence-electron chi connectivity index (χ0n) is 11.6. The van der Waals surface area contributed by atoms with Crippen molar-refractivity contribution >= 4 is 17.0 Å². The maximum Gasteiger partial charge on any atom is 0.246 e. The molecular weight excluding hydrogens is 266 g/mol. The van der Waals surface area contributed by atoms with E-state index in [0.29, 0.717) is 31.8 Å². The Kier molecular flexibility index (Phi) is 11.9. The lowest BCUT2D eigenvalue weighted by molar-refractivity contribution is -0.117. The van der Waals surface area contributed by atoms with Gasteiger partial charge in [-0.2, -0.15) is 0 Å². The molecule has 1 unspecified atom stereocenters. The molecule has 0 aromatic rings. The molecule has 0 radical (unpaired) electrons. The van der Waals surface area contributed by atoms with Gasteiger partial charge in [-0.25, -0.2) is 0 Å². The van der Waals surface area contributed by atoms with Crippen LogP contribution in [-0.4, -0.2) is 40.2 Å². The highest BCUT2D eigenvalue weighted by Crippen LogP contribution is 2.00. The molecule has 0 spiro atoms. The standard InChI is InChI=1S/C13H25NO4S/c1-12(2)13(15)14-8-5-3-4-6-9-18-10-7-11-19(16)17/h1,3-11H2,2H3,(H,14,15)(H,16,17)/p-1. The Morgan fingerprint density at radius 3 is 2.47 bits per heavy atom. The van der Waals surface area contributed by atoms with E-state index in [4.69, 9.17) is 4.74 Å². The van der Waals surface area contributed by atoms with Crippen LogP contribution in [0.25, 0.3) is 0 Å². The second-order valence-corrected chi connectivity index (χ2v) is 5.44. The maximum absolute atomic E-state index is 11.2. The quantitative estimate of drug-likeness (QED) is 0.336. The molecule has 0 bridgehead atoms. The summed E-state index contributed by atoms with van der Waals surface area (Å²) in [7, 11) is 0. The van der Waals surface area contributed by atoms with Gasteiger partial charge in [0.05, 0.1) is 0 Å². The first-order valence-corrected chi connectivity index (χ1v) is 7.85. The van der Waals surface area contributed by atoms with Crippen LogP contribution < -0.4 is 5.32 Å². The van der Waals surface area contributed by atoms with Crippen LogP contribution >= 0.6 is 0 Å². The van der Waals surface area contributed by atoms with E-state index in [1.54, 1.807) is 6.92 Å². The molecule has 0 saturated heterocycles. The summed E-state index contributed by atoms with van der Waals surface area (Å²) < 4.78 is 25.8. The van der Waals surface area contributed by atoms with Crippen molar-refractivity contribution in [1.82, 2.24) is 5.32 Å². The molecule has 0 fully saturated rings. The van der Waals surface area contributed by atoms with Gasteiger partial charge in [-0.3, -0.25) is 9.00 Å². The fourth-order valence-electron chi connectivity index (χ4n) is 1.42. The third-order valence-electron chi connectivity index (χ3n) is 2.49. The topological polar surface area (TPSA) is 78.5 Å². The minimum Gasteiger partial charge on any atom is -0.772 e. The molecule has 0 aliphatic rings. The first-order chi connectivity index (χ1) is 9.04. The third kappa shape index (κ3) is 13.5. The Morgan fingerprint density at radius 2 is 1.84 bits per heavy atom. The molecule has 1 atom stereocenters. The lowest BCUT2D eigenvalue weighted by Crippen LogP contribution is -2.24. The Balaban J connectivity index is 3.13. The molecule has 0 aliphatic carbocycles. The van der Waals surface area contributed by atoms with Crippen LogP contribution in [0.1, 0.15) is 39.0 Å². The zero-order chi connectivity index (χ0) is 14.5. The minimum absolute atomic E-state index is 0.0842. The fraction of sp³-hybridized carbons (Fsp3) is 0.769. The van der Waals surface area contributed by atoms with E-state index in [1.807, 2.05) is 0 Å². The van der Waals surface area contributed by atoms with Crippen molar-refractivity contribution < 1.29 is 18.3 Å². The highest BCUT2D eigenvalue weighted by atomic mass is 32.2. The van der Waals surface area contributed by atoms with Gasteiger partial charge >= 0.3 is 0 Å². The van der Waals surface area contributed by atoms with Gasteiger partial charge in [0, 0.05) is 31.1 Å². The average molecular weight is 290 g/mol. The van der Waals surface area contributed by atoms with E-state index in [2.05, 4.69) is 11.9 Å². The predicted molar refractivity (Wildman–Crippen MR) is 75.5 cm³/mol. The number of amides is 1. The van der Waals surface area contributed by atoms with Crippen molar-refractivity contribution in [2.45, 2.75) is 39.0 Å². The minimum atomic E-state index is -1.96. The van der Waals surface area contributed by atoms with Crippen molar-refractivity contribution in [3.63, 3.8) is 0 Å². The van der Waals surface area contributed by atoms with Crippen LogP contribution in [-0.2, 0) is 20.6 Å². The van der Waals surface area contributed by atoms with Crippen molar-refractivity contribution in [1.29, 1.82) is 0 Å². The summed E-state index contributed by atoms with van der Waals surface area (Å²) >= 11 is -1.96. The van der Waals surface area contributed by atoms with Crippen LogP contribution in [0.15, 0.2) is 12.2 Å². The summed E-state index contributed by atoms with van der Waals surface area (Å²) in [4.78, 5) is 11.2. The van der Waals surface area contributed by atoms with E-state index in [-0.39, 0.29) is 11.7 Å². The summed E-state index contributed by atoms with van der Waals surface area (Å²) in [5, 5.41) is 2.78. The van der Waals surface area contributed by atoms with Crippen LogP contribution in [0, 0.1) is 0 Å². The van der Waals surface area contributed by atoms with Crippen LogP contribution in [0.2, 0.25) is 0 Å². The maximum atomic E-state index is 11.2. The number of rotatable bonds is 12. The molecule has 1 N–H and O–H groups in total. The van der Waals surface area contributed by atoms with Crippen LogP contribution in [0.4, 0.5) is 0 Å². The first kappa shape index (κ1) is 18.3. The molecule has 5 nitrogen and oxygen atoms in total. The summed E-state index contributed by atoms with van der Waals surface area (Å²) in [6.07, 6.45) is 4.58. The molecule has 112 valence electrons. The van der Waals surface area contributed by atoms with Gasteiger partial charge in [0.2, 0.25) is 5.91 Å². The predicted octanol–water partition coefficient (Wildman–Crippen LogP) is 1.52. The number of hydrogen-bond donors (Lipinski definition) is 1. The summed E-state index contributed by atoms with van der Waals surface area (Å²) in [5.74, 6) is 0.0849. The van der Waals surface area contributed by atoms with Crippen LogP contribution in [0.3, 0.4) is 0 Å². The Labute approximate surface area is 118 Å². The highest BCUT2D eigenvalue weighted by Gasteiger charge is 1.99. The van der Waals surface area contributed by atoms with Gasteiger partial charge < -0.3 is 14.6 Å².